The van der Waals surface area contributed by atoms with Crippen molar-refractivity contribution in [3.05, 3.63) is 5.89 Å². The van der Waals surface area contributed by atoms with E-state index in [9.17, 15) is 0 Å². The molecular formula is C11H22N4O2. The van der Waals surface area contributed by atoms with Gasteiger partial charge in [-0.2, -0.15) is 0 Å². The smallest absolute Gasteiger partial charge is 0.318 e. The molecule has 6 nitrogen and oxygen atoms in total. The van der Waals surface area contributed by atoms with E-state index in [1.807, 2.05) is 14.0 Å². The molecule has 0 saturated carbocycles. The zero-order chi connectivity index (χ0) is 12.8. The van der Waals surface area contributed by atoms with Gasteiger partial charge in [0.15, 0.2) is 0 Å². The molecule has 2 N–H and O–H groups in total. The minimum absolute atomic E-state index is 0.0353. The molecule has 0 aliphatic carbocycles. The van der Waals surface area contributed by atoms with Gasteiger partial charge in [-0.1, -0.05) is 18.9 Å². The van der Waals surface area contributed by atoms with E-state index in [0.29, 0.717) is 24.4 Å². The molecule has 0 fully saturated rings. The van der Waals surface area contributed by atoms with Crippen LogP contribution in [-0.4, -0.2) is 41.5 Å². The number of nitrogens with one attached hydrogen (secondary N) is 1. The molecule has 1 aromatic rings. The summed E-state index contributed by atoms with van der Waals surface area (Å²) >= 11 is 0. The number of aromatic nitrogens is 2. The van der Waals surface area contributed by atoms with Crippen molar-refractivity contribution in [1.82, 2.24) is 15.5 Å². The van der Waals surface area contributed by atoms with Crippen LogP contribution < -0.4 is 10.2 Å². The Morgan fingerprint density at radius 1 is 1.35 bits per heavy atom. The Morgan fingerprint density at radius 2 is 2.06 bits per heavy atom. The Balaban J connectivity index is 2.47. The first kappa shape index (κ1) is 13.9. The van der Waals surface area contributed by atoms with Crippen LogP contribution in [-0.2, 0) is 6.54 Å². The molecule has 6 heteroatoms. The molecule has 0 spiro atoms. The van der Waals surface area contributed by atoms with Gasteiger partial charge in [0.2, 0.25) is 5.89 Å². The topological polar surface area (TPSA) is 74.4 Å². The minimum atomic E-state index is -0.0353. The molecule has 1 unspecified atom stereocenters. The molecular weight excluding hydrogens is 220 g/mol. The first-order valence-corrected chi connectivity index (χ1v) is 5.91. The van der Waals surface area contributed by atoms with Crippen molar-refractivity contribution in [2.75, 3.05) is 25.1 Å². The Bertz CT molecular complexity index is 327. The highest BCUT2D eigenvalue weighted by atomic mass is 16.4. The molecule has 0 saturated heterocycles. The number of nitrogens with zero attached hydrogens (tertiary/aromatic N) is 3. The highest BCUT2D eigenvalue weighted by Gasteiger charge is 2.15. The molecule has 98 valence electrons. The summed E-state index contributed by atoms with van der Waals surface area (Å²) in [4.78, 5) is 1.76. The third-order valence-corrected chi connectivity index (χ3v) is 2.51. The summed E-state index contributed by atoms with van der Waals surface area (Å²) in [5.41, 5.74) is 0. The fourth-order valence-corrected chi connectivity index (χ4v) is 1.24. The maximum absolute atomic E-state index is 9.03. The lowest BCUT2D eigenvalue weighted by atomic mass is 10.2. The van der Waals surface area contributed by atoms with Gasteiger partial charge in [0.25, 0.3) is 0 Å². The number of likely N-dealkylation sites (N-methyl/N-ethyl adjacent to an activating group) is 1. The standard InChI is InChI=1S/C11H22N4O2/c1-8(2)5-12-6-10-13-14-11(17-10)15(4)9(3)7-16/h8-9,12,16H,5-7H2,1-4H3. The highest BCUT2D eigenvalue weighted by Crippen LogP contribution is 2.12. The first-order valence-electron chi connectivity index (χ1n) is 5.91. The van der Waals surface area contributed by atoms with Gasteiger partial charge in [0.05, 0.1) is 19.2 Å². The van der Waals surface area contributed by atoms with Gasteiger partial charge >= 0.3 is 6.01 Å². The van der Waals surface area contributed by atoms with Crippen molar-refractivity contribution in [1.29, 1.82) is 0 Å². The zero-order valence-electron chi connectivity index (χ0n) is 11.0. The number of aliphatic hydroxyl groups is 1. The zero-order valence-corrected chi connectivity index (χ0v) is 11.0. The maximum atomic E-state index is 9.03. The number of hydrogen-bond acceptors (Lipinski definition) is 6. The Labute approximate surface area is 102 Å². The van der Waals surface area contributed by atoms with Crippen molar-refractivity contribution < 1.29 is 9.52 Å². The van der Waals surface area contributed by atoms with Crippen molar-refractivity contribution >= 4 is 6.01 Å². The van der Waals surface area contributed by atoms with Crippen LogP contribution in [0, 0.1) is 5.92 Å². The van der Waals surface area contributed by atoms with Crippen molar-refractivity contribution in [3.63, 3.8) is 0 Å². The molecule has 1 heterocycles. The summed E-state index contributed by atoms with van der Waals surface area (Å²) in [5.74, 6) is 1.16. The van der Waals surface area contributed by atoms with Crippen LogP contribution in [0.3, 0.4) is 0 Å². The molecule has 0 radical (unpaired) electrons. The van der Waals surface area contributed by atoms with E-state index < -0.39 is 0 Å². The molecule has 0 aliphatic heterocycles. The average molecular weight is 242 g/mol. The third kappa shape index (κ3) is 4.32. The van der Waals surface area contributed by atoms with E-state index in [1.54, 1.807) is 4.90 Å². The van der Waals surface area contributed by atoms with Crippen molar-refractivity contribution in [2.24, 2.45) is 5.92 Å². The molecule has 0 aromatic carbocycles. The first-order chi connectivity index (χ1) is 8.04. The lowest BCUT2D eigenvalue weighted by molar-refractivity contribution is 0.266. The van der Waals surface area contributed by atoms with E-state index in [-0.39, 0.29) is 12.6 Å². The van der Waals surface area contributed by atoms with Crippen LogP contribution in [0.5, 0.6) is 0 Å². The fraction of sp³-hybridized carbons (Fsp3) is 0.818. The van der Waals surface area contributed by atoms with Gasteiger partial charge in [-0.15, -0.1) is 5.10 Å². The minimum Gasteiger partial charge on any atom is -0.407 e. The van der Waals surface area contributed by atoms with Gasteiger partial charge < -0.3 is 19.7 Å². The molecule has 0 aliphatic rings. The summed E-state index contributed by atoms with van der Waals surface area (Å²) in [6.45, 7) is 7.72. The number of anilines is 1. The van der Waals surface area contributed by atoms with Gasteiger partial charge in [-0.05, 0) is 19.4 Å². The van der Waals surface area contributed by atoms with Crippen LogP contribution in [0.2, 0.25) is 0 Å². The molecule has 0 amide bonds. The SMILES string of the molecule is CC(C)CNCc1nnc(N(C)C(C)CO)o1. The van der Waals surface area contributed by atoms with Crippen LogP contribution in [0.15, 0.2) is 4.42 Å². The monoisotopic (exact) mass is 242 g/mol. The molecule has 1 atom stereocenters. The van der Waals surface area contributed by atoms with Gasteiger partial charge in [0.1, 0.15) is 0 Å². The number of hydrogen-bond donors (Lipinski definition) is 2. The van der Waals surface area contributed by atoms with Crippen LogP contribution in [0.1, 0.15) is 26.7 Å². The van der Waals surface area contributed by atoms with Gasteiger partial charge in [-0.3, -0.25) is 0 Å². The number of rotatable bonds is 7. The van der Waals surface area contributed by atoms with Crippen LogP contribution in [0.4, 0.5) is 6.01 Å². The third-order valence-electron chi connectivity index (χ3n) is 2.51. The average Bonchev–Trinajstić information content (AvgIpc) is 2.75. The van der Waals surface area contributed by atoms with Gasteiger partial charge in [-0.25, -0.2) is 0 Å². The Morgan fingerprint density at radius 3 is 2.65 bits per heavy atom. The van der Waals surface area contributed by atoms with E-state index in [1.165, 1.54) is 0 Å². The summed E-state index contributed by atoms with van der Waals surface area (Å²) < 4.78 is 5.48. The van der Waals surface area contributed by atoms with Crippen molar-refractivity contribution in [2.45, 2.75) is 33.4 Å². The maximum Gasteiger partial charge on any atom is 0.318 e. The molecule has 1 aromatic heterocycles. The highest BCUT2D eigenvalue weighted by molar-refractivity contribution is 5.23. The van der Waals surface area contributed by atoms with Crippen molar-refractivity contribution in [3.8, 4) is 0 Å². The summed E-state index contributed by atoms with van der Waals surface area (Å²) in [6, 6.07) is 0.403. The largest absolute Gasteiger partial charge is 0.407 e. The Hall–Kier alpha value is -1.14. The second-order valence-electron chi connectivity index (χ2n) is 4.65. The van der Waals surface area contributed by atoms with E-state index >= 15 is 0 Å². The quantitative estimate of drug-likeness (QED) is 0.730. The molecule has 0 bridgehead atoms. The lowest BCUT2D eigenvalue weighted by Gasteiger charge is -2.19. The normalized spacial score (nSPS) is 13.1. The summed E-state index contributed by atoms with van der Waals surface area (Å²) in [7, 11) is 1.82. The second-order valence-corrected chi connectivity index (χ2v) is 4.65. The predicted molar refractivity (Wildman–Crippen MR) is 65.8 cm³/mol. The fourth-order valence-electron chi connectivity index (χ4n) is 1.24. The Kier molecular flexibility index (Phi) is 5.37. The summed E-state index contributed by atoms with van der Waals surface area (Å²) in [6.07, 6.45) is 0. The lowest BCUT2D eigenvalue weighted by Crippen LogP contribution is -2.32. The molecule has 17 heavy (non-hydrogen) atoms. The van der Waals surface area contributed by atoms with Crippen LogP contribution >= 0.6 is 0 Å². The van der Waals surface area contributed by atoms with Gasteiger partial charge in [0, 0.05) is 7.05 Å². The summed E-state index contributed by atoms with van der Waals surface area (Å²) in [5, 5.41) is 20.2. The predicted octanol–water partition coefficient (Wildman–Crippen LogP) is 0.632. The molecule has 1 rings (SSSR count). The van der Waals surface area contributed by atoms with E-state index in [2.05, 4.69) is 29.4 Å². The van der Waals surface area contributed by atoms with E-state index in [4.69, 9.17) is 9.52 Å². The second kappa shape index (κ2) is 6.56. The van der Waals surface area contributed by atoms with Crippen LogP contribution in [0.25, 0.3) is 0 Å². The van der Waals surface area contributed by atoms with E-state index in [0.717, 1.165) is 6.54 Å². The number of aliphatic hydroxyl groups excluding tert-OH is 1.